The van der Waals surface area contributed by atoms with Crippen LogP contribution in [0, 0.1) is 21.7 Å². The van der Waals surface area contributed by atoms with Gasteiger partial charge in [-0.15, -0.1) is 0 Å². The van der Waals surface area contributed by atoms with E-state index in [1.165, 1.54) is 29.1 Å². The van der Waals surface area contributed by atoms with Crippen molar-refractivity contribution in [3.63, 3.8) is 0 Å². The first kappa shape index (κ1) is 35.0. The molecule has 5 atom stereocenters. The molecule has 2 heterocycles. The Kier molecular flexibility index (Phi) is 10.5. The van der Waals surface area contributed by atoms with Gasteiger partial charge in [0.2, 0.25) is 0 Å². The minimum atomic E-state index is -1.37. The molecule has 0 spiro atoms. The molecule has 1 fully saturated rings. The molecule has 1 aliphatic heterocycles. The van der Waals surface area contributed by atoms with Crippen LogP contribution in [0.1, 0.15) is 89.3 Å². The molecule has 0 bridgehead atoms. The maximum atomic E-state index is 13.3. The van der Waals surface area contributed by atoms with E-state index in [0.717, 1.165) is 0 Å². The lowest BCUT2D eigenvalue weighted by Crippen LogP contribution is -2.62. The Morgan fingerprint density at radius 2 is 1.02 bits per heavy atom. The number of carbonyl (C=O) groups is 4. The number of aromatic nitrogens is 1. The second kappa shape index (κ2) is 12.6. The molecule has 0 aromatic carbocycles. The first-order valence-corrected chi connectivity index (χ1v) is 14.1. The highest BCUT2D eigenvalue weighted by atomic mass is 16.7. The van der Waals surface area contributed by atoms with Gasteiger partial charge in [-0.05, 0) is 83.1 Å². The predicted octanol–water partition coefficient (Wildman–Crippen LogP) is 4.21. The molecule has 1 aromatic rings. The highest BCUT2D eigenvalue weighted by molar-refractivity contribution is 5.78. The Morgan fingerprint density at radius 3 is 1.43 bits per heavy atom. The number of hydrogen-bond donors (Lipinski definition) is 0. The molecular formula is C31H47NO10. The Labute approximate surface area is 248 Å². The van der Waals surface area contributed by atoms with E-state index in [2.05, 4.69) is 0 Å². The molecule has 42 heavy (non-hydrogen) atoms. The lowest BCUT2D eigenvalue weighted by Gasteiger charge is -2.46. The Morgan fingerprint density at radius 1 is 0.643 bits per heavy atom. The van der Waals surface area contributed by atoms with Gasteiger partial charge in [0.1, 0.15) is 12.7 Å². The van der Waals surface area contributed by atoms with Gasteiger partial charge in [0, 0.05) is 24.5 Å². The monoisotopic (exact) mass is 593 g/mol. The van der Waals surface area contributed by atoms with E-state index in [9.17, 15) is 24.0 Å². The summed E-state index contributed by atoms with van der Waals surface area (Å²) in [6.45, 7) is 19.6. The summed E-state index contributed by atoms with van der Waals surface area (Å²) in [5, 5.41) is 0. The van der Waals surface area contributed by atoms with E-state index in [-0.39, 0.29) is 12.0 Å². The van der Waals surface area contributed by atoms with Crippen molar-refractivity contribution in [3.8, 4) is 0 Å². The summed E-state index contributed by atoms with van der Waals surface area (Å²) < 4.78 is 31.3. The number of pyridine rings is 1. The maximum Gasteiger partial charge on any atom is 0.311 e. The summed E-state index contributed by atoms with van der Waals surface area (Å²) in [6, 6.07) is 2.59. The van der Waals surface area contributed by atoms with Crippen molar-refractivity contribution in [2.75, 3.05) is 6.61 Å². The minimum absolute atomic E-state index is 0.270. The number of rotatable bonds is 6. The van der Waals surface area contributed by atoms with Crippen LogP contribution < -0.4 is 5.43 Å². The SMILES string of the molecule is CC(C)(C)C(=O)OCC1O[C@@H](n2ccc(=O)cc2)C(OC(=O)C(C)(C)C)C(OC(=O)C(C)(C)C)[C@H]1OC(=O)C(C)(C)C. The lowest BCUT2D eigenvalue weighted by molar-refractivity contribution is -0.275. The fourth-order valence-corrected chi connectivity index (χ4v) is 3.54. The van der Waals surface area contributed by atoms with Crippen LogP contribution in [0.4, 0.5) is 0 Å². The van der Waals surface area contributed by atoms with Gasteiger partial charge in [-0.25, -0.2) is 0 Å². The molecule has 0 N–H and O–H groups in total. The second-order valence-corrected chi connectivity index (χ2v) is 14.8. The molecular weight excluding hydrogens is 546 g/mol. The average Bonchev–Trinajstić information content (AvgIpc) is 2.82. The quantitative estimate of drug-likeness (QED) is 0.348. The van der Waals surface area contributed by atoms with Crippen LogP contribution >= 0.6 is 0 Å². The zero-order valence-electron chi connectivity index (χ0n) is 26.9. The van der Waals surface area contributed by atoms with Gasteiger partial charge in [0.05, 0.1) is 21.7 Å². The smallest absolute Gasteiger partial charge is 0.311 e. The van der Waals surface area contributed by atoms with Gasteiger partial charge < -0.3 is 28.3 Å². The molecule has 0 radical (unpaired) electrons. The molecule has 1 saturated heterocycles. The summed E-state index contributed by atoms with van der Waals surface area (Å²) in [4.78, 5) is 64.4. The normalized spacial score (nSPS) is 23.5. The van der Waals surface area contributed by atoms with E-state index in [1.54, 1.807) is 83.1 Å². The van der Waals surface area contributed by atoms with E-state index >= 15 is 0 Å². The van der Waals surface area contributed by atoms with Gasteiger partial charge in [0.25, 0.3) is 0 Å². The van der Waals surface area contributed by atoms with Crippen molar-refractivity contribution < 1.29 is 42.9 Å². The minimum Gasteiger partial charge on any atom is -0.462 e. The summed E-state index contributed by atoms with van der Waals surface area (Å²) >= 11 is 0. The molecule has 2 rings (SSSR count). The van der Waals surface area contributed by atoms with Crippen LogP contribution in [0.3, 0.4) is 0 Å². The average molecular weight is 594 g/mol. The summed E-state index contributed by atoms with van der Waals surface area (Å²) in [7, 11) is 0. The zero-order chi connectivity index (χ0) is 32.4. The Balaban J connectivity index is 2.75. The second-order valence-electron chi connectivity index (χ2n) is 14.8. The summed E-state index contributed by atoms with van der Waals surface area (Å²) in [5.41, 5.74) is -4.00. The van der Waals surface area contributed by atoms with E-state index < -0.39 is 76.2 Å². The molecule has 0 amide bonds. The van der Waals surface area contributed by atoms with E-state index in [0.29, 0.717) is 0 Å². The van der Waals surface area contributed by atoms with Crippen molar-refractivity contribution in [2.24, 2.45) is 21.7 Å². The summed E-state index contributed by atoms with van der Waals surface area (Å²) in [6.07, 6.45) is -3.44. The molecule has 1 aromatic heterocycles. The van der Waals surface area contributed by atoms with Crippen LogP contribution in [-0.4, -0.2) is 59.5 Å². The molecule has 11 heteroatoms. The van der Waals surface area contributed by atoms with E-state index in [4.69, 9.17) is 23.7 Å². The van der Waals surface area contributed by atoms with Crippen LogP contribution in [0.2, 0.25) is 0 Å². The zero-order valence-corrected chi connectivity index (χ0v) is 26.9. The van der Waals surface area contributed by atoms with Gasteiger partial charge >= 0.3 is 23.9 Å². The Bertz CT molecular complexity index is 1190. The van der Waals surface area contributed by atoms with Gasteiger partial charge in [-0.3, -0.25) is 24.0 Å². The van der Waals surface area contributed by atoms with Crippen molar-refractivity contribution in [3.05, 3.63) is 34.7 Å². The van der Waals surface area contributed by atoms with Crippen LogP contribution in [0.15, 0.2) is 29.3 Å². The van der Waals surface area contributed by atoms with Crippen molar-refractivity contribution >= 4 is 23.9 Å². The first-order valence-electron chi connectivity index (χ1n) is 14.1. The third-order valence-corrected chi connectivity index (χ3v) is 6.28. The maximum absolute atomic E-state index is 13.3. The van der Waals surface area contributed by atoms with Gasteiger partial charge in [-0.1, -0.05) is 0 Å². The van der Waals surface area contributed by atoms with Gasteiger partial charge in [-0.2, -0.15) is 0 Å². The molecule has 0 aliphatic carbocycles. The largest absolute Gasteiger partial charge is 0.462 e. The lowest BCUT2D eigenvalue weighted by atomic mass is 9.92. The number of carbonyl (C=O) groups excluding carboxylic acids is 4. The topological polar surface area (TPSA) is 136 Å². The number of nitrogens with zero attached hydrogens (tertiary/aromatic N) is 1. The number of esters is 4. The fourth-order valence-electron chi connectivity index (χ4n) is 3.54. The first-order chi connectivity index (χ1) is 18.9. The molecule has 1 aliphatic rings. The number of hydrogen-bond acceptors (Lipinski definition) is 10. The molecule has 236 valence electrons. The van der Waals surface area contributed by atoms with Crippen molar-refractivity contribution in [2.45, 2.75) is 114 Å². The highest BCUT2D eigenvalue weighted by Gasteiger charge is 2.55. The van der Waals surface area contributed by atoms with Crippen LogP contribution in [-0.2, 0) is 42.9 Å². The van der Waals surface area contributed by atoms with Crippen LogP contribution in [0.25, 0.3) is 0 Å². The Hall–Kier alpha value is -3.21. The standard InChI is InChI=1S/C31H47NO10/c1-28(2,3)24(34)38-17-19-20(40-25(35)29(4,5)6)21(41-26(36)30(7,8)9)22(42-27(37)31(10,11)12)23(39-19)32-15-13-18(33)14-16-32/h13-16,19-23H,17H2,1-12H3/t19?,20-,21?,22?,23+/m0/s1. The van der Waals surface area contributed by atoms with Crippen LogP contribution in [0.5, 0.6) is 0 Å². The summed E-state index contributed by atoms with van der Waals surface area (Å²) in [5.74, 6) is -2.44. The highest BCUT2D eigenvalue weighted by Crippen LogP contribution is 2.37. The molecule has 11 nitrogen and oxygen atoms in total. The van der Waals surface area contributed by atoms with E-state index in [1.807, 2.05) is 0 Å². The van der Waals surface area contributed by atoms with Gasteiger partial charge in [0.15, 0.2) is 30.0 Å². The number of ether oxygens (including phenoxy) is 5. The third-order valence-electron chi connectivity index (χ3n) is 6.28. The molecule has 0 saturated carbocycles. The fraction of sp³-hybridized carbons (Fsp3) is 0.710. The van der Waals surface area contributed by atoms with Crippen molar-refractivity contribution in [1.29, 1.82) is 0 Å². The third kappa shape index (κ3) is 9.14. The predicted molar refractivity (Wildman–Crippen MR) is 153 cm³/mol. The molecule has 3 unspecified atom stereocenters. The van der Waals surface area contributed by atoms with Crippen molar-refractivity contribution in [1.82, 2.24) is 4.57 Å².